The monoisotopic (exact) mass is 238 g/mol. The number of rotatable bonds is 7. The number of nitrogens with two attached hydrogens (primary N) is 1. The van der Waals surface area contributed by atoms with E-state index in [1.807, 2.05) is 4.68 Å². The van der Waals surface area contributed by atoms with Gasteiger partial charge >= 0.3 is 0 Å². The first kappa shape index (κ1) is 13.7. The number of primary amides is 1. The third kappa shape index (κ3) is 3.84. The third-order valence-electron chi connectivity index (χ3n) is 2.71. The van der Waals surface area contributed by atoms with Gasteiger partial charge in [-0.1, -0.05) is 38.8 Å². The smallest absolute Gasteiger partial charge is 0.223 e. The molecule has 0 unspecified atom stereocenters. The van der Waals surface area contributed by atoms with Crippen molar-refractivity contribution in [1.29, 1.82) is 0 Å². The molecule has 0 atom stereocenters. The van der Waals surface area contributed by atoms with Crippen LogP contribution in [-0.2, 0) is 17.8 Å². The molecule has 1 rings (SSSR count). The van der Waals surface area contributed by atoms with Crippen LogP contribution in [-0.4, -0.2) is 20.9 Å². The van der Waals surface area contributed by atoms with E-state index in [0.29, 0.717) is 5.92 Å². The molecule has 1 aromatic heterocycles. The highest BCUT2D eigenvalue weighted by Gasteiger charge is 2.17. The fourth-order valence-electron chi connectivity index (χ4n) is 1.96. The summed E-state index contributed by atoms with van der Waals surface area (Å²) in [7, 11) is 0. The summed E-state index contributed by atoms with van der Waals surface area (Å²) in [4.78, 5) is 11.0. The summed E-state index contributed by atoms with van der Waals surface area (Å²) < 4.78 is 1.92. The number of nitrogens with zero attached hydrogens (tertiary/aromatic N) is 3. The SMILES string of the molecule is CCCCCn1nnc(CC(N)=O)c1C(C)C. The van der Waals surface area contributed by atoms with E-state index in [0.717, 1.165) is 24.4 Å². The summed E-state index contributed by atoms with van der Waals surface area (Å²) in [6.07, 6.45) is 3.64. The van der Waals surface area contributed by atoms with Crippen LogP contribution < -0.4 is 5.73 Å². The molecule has 0 saturated heterocycles. The molecule has 0 saturated carbocycles. The normalized spacial score (nSPS) is 11.1. The molecule has 96 valence electrons. The van der Waals surface area contributed by atoms with E-state index in [2.05, 4.69) is 31.1 Å². The average Bonchev–Trinajstić information content (AvgIpc) is 2.60. The van der Waals surface area contributed by atoms with Gasteiger partial charge in [-0.2, -0.15) is 0 Å². The number of amides is 1. The molecule has 0 spiro atoms. The van der Waals surface area contributed by atoms with Crippen molar-refractivity contribution in [3.05, 3.63) is 11.4 Å². The van der Waals surface area contributed by atoms with E-state index in [1.165, 1.54) is 12.8 Å². The second-order valence-corrected chi connectivity index (χ2v) is 4.65. The number of aryl methyl sites for hydroxylation is 1. The van der Waals surface area contributed by atoms with Crippen LogP contribution in [0.3, 0.4) is 0 Å². The standard InChI is InChI=1S/C12H22N4O/c1-4-5-6-7-16-12(9(2)3)10(14-15-16)8-11(13)17/h9H,4-8H2,1-3H3,(H2,13,17). The van der Waals surface area contributed by atoms with Crippen molar-refractivity contribution in [2.75, 3.05) is 0 Å². The first-order valence-corrected chi connectivity index (χ1v) is 6.26. The zero-order chi connectivity index (χ0) is 12.8. The Bertz CT molecular complexity index is 371. The second kappa shape index (κ2) is 6.37. The zero-order valence-corrected chi connectivity index (χ0v) is 10.9. The van der Waals surface area contributed by atoms with Gasteiger partial charge in [0.1, 0.15) is 0 Å². The van der Waals surface area contributed by atoms with Gasteiger partial charge in [-0.15, -0.1) is 5.10 Å². The van der Waals surface area contributed by atoms with Gasteiger partial charge in [0.25, 0.3) is 0 Å². The van der Waals surface area contributed by atoms with E-state index in [1.54, 1.807) is 0 Å². The lowest BCUT2D eigenvalue weighted by atomic mass is 10.1. The lowest BCUT2D eigenvalue weighted by Gasteiger charge is -2.10. The zero-order valence-electron chi connectivity index (χ0n) is 10.9. The van der Waals surface area contributed by atoms with Crippen molar-refractivity contribution >= 4 is 5.91 Å². The fraction of sp³-hybridized carbons (Fsp3) is 0.750. The first-order chi connectivity index (χ1) is 8.06. The lowest BCUT2D eigenvalue weighted by molar-refractivity contribution is -0.117. The Hall–Kier alpha value is -1.39. The molecule has 17 heavy (non-hydrogen) atoms. The topological polar surface area (TPSA) is 73.8 Å². The lowest BCUT2D eigenvalue weighted by Crippen LogP contribution is -2.16. The van der Waals surface area contributed by atoms with Gasteiger partial charge in [-0.05, 0) is 12.3 Å². The molecular weight excluding hydrogens is 216 g/mol. The molecule has 5 heteroatoms. The molecule has 2 N–H and O–H groups in total. The van der Waals surface area contributed by atoms with Crippen molar-refractivity contribution in [1.82, 2.24) is 15.0 Å². The van der Waals surface area contributed by atoms with Crippen molar-refractivity contribution in [2.45, 2.75) is 58.9 Å². The highest BCUT2D eigenvalue weighted by molar-refractivity contribution is 5.76. The van der Waals surface area contributed by atoms with Crippen LogP contribution in [0.2, 0.25) is 0 Å². The van der Waals surface area contributed by atoms with E-state index in [9.17, 15) is 4.79 Å². The van der Waals surface area contributed by atoms with Gasteiger partial charge in [-0.3, -0.25) is 4.79 Å². The number of hydrogen-bond donors (Lipinski definition) is 1. The van der Waals surface area contributed by atoms with Crippen molar-refractivity contribution in [3.63, 3.8) is 0 Å². The Morgan fingerprint density at radius 1 is 1.41 bits per heavy atom. The van der Waals surface area contributed by atoms with Crippen LogP contribution >= 0.6 is 0 Å². The summed E-state index contributed by atoms with van der Waals surface area (Å²) >= 11 is 0. The van der Waals surface area contributed by atoms with Crippen LogP contribution in [0.1, 0.15) is 57.3 Å². The van der Waals surface area contributed by atoms with Crippen molar-refractivity contribution in [3.8, 4) is 0 Å². The molecular formula is C12H22N4O. The number of unbranched alkanes of at least 4 members (excludes halogenated alkanes) is 2. The highest BCUT2D eigenvalue weighted by Crippen LogP contribution is 2.18. The summed E-state index contributed by atoms with van der Waals surface area (Å²) in [6, 6.07) is 0. The maximum absolute atomic E-state index is 11.0. The minimum atomic E-state index is -0.354. The molecule has 0 bridgehead atoms. The predicted molar refractivity (Wildman–Crippen MR) is 66.5 cm³/mol. The summed E-state index contributed by atoms with van der Waals surface area (Å²) in [6.45, 7) is 7.20. The minimum absolute atomic E-state index is 0.182. The van der Waals surface area contributed by atoms with Gasteiger partial charge in [0.15, 0.2) is 0 Å². The minimum Gasteiger partial charge on any atom is -0.369 e. The number of carbonyl (C=O) groups is 1. The van der Waals surface area contributed by atoms with Crippen LogP contribution in [0.25, 0.3) is 0 Å². The van der Waals surface area contributed by atoms with Crippen LogP contribution in [0, 0.1) is 0 Å². The van der Waals surface area contributed by atoms with E-state index < -0.39 is 0 Å². The Balaban J connectivity index is 2.82. The Morgan fingerprint density at radius 3 is 2.65 bits per heavy atom. The van der Waals surface area contributed by atoms with Crippen LogP contribution in [0.4, 0.5) is 0 Å². The van der Waals surface area contributed by atoms with Gasteiger partial charge in [0.05, 0.1) is 17.8 Å². The largest absolute Gasteiger partial charge is 0.369 e. The van der Waals surface area contributed by atoms with E-state index in [4.69, 9.17) is 5.73 Å². The quantitative estimate of drug-likeness (QED) is 0.733. The summed E-state index contributed by atoms with van der Waals surface area (Å²) in [5.41, 5.74) is 6.98. The second-order valence-electron chi connectivity index (χ2n) is 4.65. The Morgan fingerprint density at radius 2 is 2.12 bits per heavy atom. The van der Waals surface area contributed by atoms with Gasteiger partial charge in [0, 0.05) is 6.54 Å². The summed E-state index contributed by atoms with van der Waals surface area (Å²) in [5, 5.41) is 8.19. The molecule has 1 heterocycles. The highest BCUT2D eigenvalue weighted by atomic mass is 16.1. The van der Waals surface area contributed by atoms with E-state index >= 15 is 0 Å². The van der Waals surface area contributed by atoms with Gasteiger partial charge in [-0.25, -0.2) is 4.68 Å². The van der Waals surface area contributed by atoms with Crippen LogP contribution in [0.5, 0.6) is 0 Å². The summed E-state index contributed by atoms with van der Waals surface area (Å²) in [5.74, 6) is -0.0477. The average molecular weight is 238 g/mol. The van der Waals surface area contributed by atoms with E-state index in [-0.39, 0.29) is 12.3 Å². The molecule has 0 aliphatic heterocycles. The van der Waals surface area contributed by atoms with Gasteiger partial charge in [0.2, 0.25) is 5.91 Å². The molecule has 1 aromatic rings. The Kier molecular flexibility index (Phi) is 5.12. The molecule has 0 fully saturated rings. The first-order valence-electron chi connectivity index (χ1n) is 6.26. The fourth-order valence-corrected chi connectivity index (χ4v) is 1.96. The Labute approximate surface area is 102 Å². The molecule has 1 amide bonds. The molecule has 0 aliphatic carbocycles. The predicted octanol–water partition coefficient (Wildman–Crippen LogP) is 1.62. The van der Waals surface area contributed by atoms with Crippen molar-refractivity contribution < 1.29 is 4.79 Å². The van der Waals surface area contributed by atoms with Crippen molar-refractivity contribution in [2.24, 2.45) is 5.73 Å². The maximum atomic E-state index is 11.0. The molecule has 0 radical (unpaired) electrons. The molecule has 0 aliphatic rings. The number of aromatic nitrogens is 3. The molecule has 0 aromatic carbocycles. The maximum Gasteiger partial charge on any atom is 0.223 e. The molecule has 5 nitrogen and oxygen atoms in total. The number of carbonyl (C=O) groups excluding carboxylic acids is 1. The third-order valence-corrected chi connectivity index (χ3v) is 2.71. The van der Waals surface area contributed by atoms with Gasteiger partial charge < -0.3 is 5.73 Å². The number of hydrogen-bond acceptors (Lipinski definition) is 3. The van der Waals surface area contributed by atoms with Crippen LogP contribution in [0.15, 0.2) is 0 Å².